The molecule has 0 atom stereocenters. The topological polar surface area (TPSA) is 49.7 Å². The van der Waals surface area contributed by atoms with Crippen LogP contribution >= 0.6 is 22.6 Å². The molecule has 0 aliphatic carbocycles. The summed E-state index contributed by atoms with van der Waals surface area (Å²) in [5, 5.41) is 4.47. The minimum Gasteiger partial charge on any atom is -0.200 e. The Morgan fingerprint density at radius 2 is 1.73 bits per heavy atom. The average Bonchev–Trinajstić information content (AvgIpc) is 2.62. The zero-order valence-electron chi connectivity index (χ0n) is 15.0. The summed E-state index contributed by atoms with van der Waals surface area (Å²) in [6.45, 7) is 4.82. The lowest BCUT2D eigenvalue weighted by Crippen LogP contribution is -2.32. The lowest BCUT2D eigenvalue weighted by atomic mass is 9.99. The van der Waals surface area contributed by atoms with E-state index >= 15 is 0 Å². The van der Waals surface area contributed by atoms with Gasteiger partial charge in [0.25, 0.3) is 10.0 Å². The number of nitrogens with zero attached hydrogens (tertiary/aromatic N) is 2. The van der Waals surface area contributed by atoms with E-state index in [1.54, 1.807) is 24.3 Å². The van der Waals surface area contributed by atoms with Gasteiger partial charge in [0, 0.05) is 3.57 Å². The molecule has 0 unspecified atom stereocenters. The van der Waals surface area contributed by atoms with E-state index in [0.29, 0.717) is 12.5 Å². The van der Waals surface area contributed by atoms with E-state index in [-0.39, 0.29) is 4.90 Å². The standard InChI is InChI=1S/C20H23IN2O2S/c1-15(2)14-16-5-7-17(8-6-16)20-4-3-13-23(22-20)26(24,25)19-11-9-18(21)10-12-19/h5-12,15H,3-4,13-14H2,1-2H3. The quantitative estimate of drug-likeness (QED) is 0.582. The highest BCUT2D eigenvalue weighted by Crippen LogP contribution is 2.23. The molecule has 4 nitrogen and oxygen atoms in total. The number of halogens is 1. The van der Waals surface area contributed by atoms with Gasteiger partial charge in [0.05, 0.1) is 17.2 Å². The van der Waals surface area contributed by atoms with Crippen molar-refractivity contribution in [2.75, 3.05) is 6.54 Å². The third-order valence-corrected chi connectivity index (χ3v) is 6.72. The highest BCUT2D eigenvalue weighted by molar-refractivity contribution is 14.1. The van der Waals surface area contributed by atoms with Crippen LogP contribution in [0.4, 0.5) is 0 Å². The number of hydrazone groups is 1. The van der Waals surface area contributed by atoms with Crippen LogP contribution in [0.25, 0.3) is 0 Å². The van der Waals surface area contributed by atoms with Gasteiger partial charge in [-0.15, -0.1) is 0 Å². The predicted molar refractivity (Wildman–Crippen MR) is 114 cm³/mol. The molecule has 0 spiro atoms. The van der Waals surface area contributed by atoms with Crippen molar-refractivity contribution in [3.8, 4) is 0 Å². The van der Waals surface area contributed by atoms with Crippen LogP contribution in [-0.2, 0) is 16.4 Å². The Labute approximate surface area is 169 Å². The number of rotatable bonds is 5. The van der Waals surface area contributed by atoms with Crippen LogP contribution in [0.1, 0.15) is 37.8 Å². The maximum Gasteiger partial charge on any atom is 0.279 e. The zero-order chi connectivity index (χ0) is 18.7. The van der Waals surface area contributed by atoms with Crippen LogP contribution < -0.4 is 0 Å². The van der Waals surface area contributed by atoms with E-state index in [9.17, 15) is 8.42 Å². The first-order valence-electron chi connectivity index (χ1n) is 8.81. The fraction of sp³-hybridized carbons (Fsp3) is 0.350. The van der Waals surface area contributed by atoms with Crippen LogP contribution in [0.2, 0.25) is 0 Å². The minimum absolute atomic E-state index is 0.287. The van der Waals surface area contributed by atoms with Gasteiger partial charge < -0.3 is 0 Å². The number of hydrogen-bond acceptors (Lipinski definition) is 3. The van der Waals surface area contributed by atoms with Crippen LogP contribution in [-0.4, -0.2) is 25.1 Å². The van der Waals surface area contributed by atoms with Crippen LogP contribution in [0.15, 0.2) is 58.5 Å². The van der Waals surface area contributed by atoms with Gasteiger partial charge in [-0.3, -0.25) is 0 Å². The summed E-state index contributed by atoms with van der Waals surface area (Å²) in [5.41, 5.74) is 3.13. The molecule has 1 aliphatic rings. The van der Waals surface area contributed by atoms with Gasteiger partial charge in [0.15, 0.2) is 0 Å². The number of sulfonamides is 1. The molecular weight excluding hydrogens is 459 g/mol. The summed E-state index contributed by atoms with van der Waals surface area (Å²) in [4.78, 5) is 0.287. The van der Waals surface area contributed by atoms with Crippen molar-refractivity contribution >= 4 is 38.3 Å². The summed E-state index contributed by atoms with van der Waals surface area (Å²) in [6, 6.07) is 15.2. The smallest absolute Gasteiger partial charge is 0.200 e. The molecule has 0 aromatic heterocycles. The molecule has 0 saturated heterocycles. The molecule has 0 bridgehead atoms. The molecule has 0 radical (unpaired) electrons. The van der Waals surface area contributed by atoms with Gasteiger partial charge in [-0.2, -0.15) is 17.9 Å². The molecule has 3 rings (SSSR count). The molecule has 0 fully saturated rings. The SMILES string of the molecule is CC(C)Cc1ccc(C2=NN(S(=O)(=O)c3ccc(I)cc3)CCC2)cc1. The van der Waals surface area contributed by atoms with Crippen molar-refractivity contribution in [2.24, 2.45) is 11.0 Å². The summed E-state index contributed by atoms with van der Waals surface area (Å²) < 4.78 is 28.0. The van der Waals surface area contributed by atoms with Gasteiger partial charge in [0.2, 0.25) is 0 Å². The molecule has 138 valence electrons. The molecule has 0 N–H and O–H groups in total. The molecule has 0 saturated carbocycles. The van der Waals surface area contributed by atoms with Gasteiger partial charge in [0.1, 0.15) is 0 Å². The van der Waals surface area contributed by atoms with E-state index < -0.39 is 10.0 Å². The van der Waals surface area contributed by atoms with Crippen molar-refractivity contribution < 1.29 is 8.42 Å². The first-order chi connectivity index (χ1) is 12.4. The Morgan fingerprint density at radius 3 is 2.35 bits per heavy atom. The predicted octanol–water partition coefficient (Wildman–Crippen LogP) is 4.68. The van der Waals surface area contributed by atoms with E-state index in [2.05, 4.69) is 65.8 Å². The second-order valence-electron chi connectivity index (χ2n) is 6.95. The van der Waals surface area contributed by atoms with Gasteiger partial charge >= 0.3 is 0 Å². The van der Waals surface area contributed by atoms with Crippen molar-refractivity contribution in [3.63, 3.8) is 0 Å². The second kappa shape index (κ2) is 8.08. The Kier molecular flexibility index (Phi) is 6.02. The largest absolute Gasteiger partial charge is 0.279 e. The van der Waals surface area contributed by atoms with E-state index in [1.807, 2.05) is 0 Å². The molecule has 1 heterocycles. The summed E-state index contributed by atoms with van der Waals surface area (Å²) in [5.74, 6) is 0.613. The molecule has 6 heteroatoms. The zero-order valence-corrected chi connectivity index (χ0v) is 18.0. The summed E-state index contributed by atoms with van der Waals surface area (Å²) >= 11 is 2.16. The normalized spacial score (nSPS) is 15.2. The monoisotopic (exact) mass is 482 g/mol. The maximum atomic E-state index is 12.9. The van der Waals surface area contributed by atoms with E-state index in [0.717, 1.165) is 34.1 Å². The van der Waals surface area contributed by atoms with Crippen LogP contribution in [0.5, 0.6) is 0 Å². The lowest BCUT2D eigenvalue weighted by molar-refractivity contribution is 0.410. The van der Waals surface area contributed by atoms with Gasteiger partial charge in [-0.1, -0.05) is 38.1 Å². The van der Waals surface area contributed by atoms with Crippen molar-refractivity contribution in [2.45, 2.75) is 38.0 Å². The molecular formula is C20H23IN2O2S. The van der Waals surface area contributed by atoms with E-state index in [1.165, 1.54) is 9.98 Å². The highest BCUT2D eigenvalue weighted by Gasteiger charge is 2.26. The van der Waals surface area contributed by atoms with Gasteiger partial charge in [-0.05, 0) is 83.2 Å². The number of benzene rings is 2. The van der Waals surface area contributed by atoms with Gasteiger partial charge in [-0.25, -0.2) is 0 Å². The summed E-state index contributed by atoms with van der Waals surface area (Å²) in [7, 11) is -3.60. The fourth-order valence-corrected chi connectivity index (χ4v) is 4.68. The average molecular weight is 482 g/mol. The van der Waals surface area contributed by atoms with Crippen molar-refractivity contribution in [1.29, 1.82) is 0 Å². The molecule has 0 amide bonds. The van der Waals surface area contributed by atoms with Crippen molar-refractivity contribution in [1.82, 2.24) is 4.41 Å². The van der Waals surface area contributed by atoms with Crippen LogP contribution in [0, 0.1) is 9.49 Å². The Bertz CT molecular complexity index is 888. The molecule has 2 aromatic carbocycles. The Morgan fingerprint density at radius 1 is 1.08 bits per heavy atom. The van der Waals surface area contributed by atoms with E-state index in [4.69, 9.17) is 0 Å². The molecule has 1 aliphatic heterocycles. The third kappa shape index (κ3) is 4.46. The lowest BCUT2D eigenvalue weighted by Gasteiger charge is -2.25. The molecule has 26 heavy (non-hydrogen) atoms. The first kappa shape index (κ1) is 19.4. The maximum absolute atomic E-state index is 12.9. The highest BCUT2D eigenvalue weighted by atomic mass is 127. The second-order valence-corrected chi connectivity index (χ2v) is 10.0. The third-order valence-electron chi connectivity index (χ3n) is 4.32. The number of hydrogen-bond donors (Lipinski definition) is 0. The van der Waals surface area contributed by atoms with Crippen molar-refractivity contribution in [3.05, 3.63) is 63.2 Å². The Hall–Kier alpha value is -1.41. The fourth-order valence-electron chi connectivity index (χ4n) is 3.03. The first-order valence-corrected chi connectivity index (χ1v) is 11.3. The Balaban J connectivity index is 1.86. The summed E-state index contributed by atoms with van der Waals surface area (Å²) in [6.07, 6.45) is 2.61. The molecule has 2 aromatic rings. The van der Waals surface area contributed by atoms with Crippen LogP contribution in [0.3, 0.4) is 0 Å². The minimum atomic E-state index is -3.60.